The van der Waals surface area contributed by atoms with E-state index in [1.165, 1.54) is 7.11 Å². The Morgan fingerprint density at radius 1 is 1.33 bits per heavy atom. The summed E-state index contributed by atoms with van der Waals surface area (Å²) >= 11 is 0. The van der Waals surface area contributed by atoms with Crippen molar-refractivity contribution in [3.63, 3.8) is 0 Å². The zero-order chi connectivity index (χ0) is 15.2. The highest BCUT2D eigenvalue weighted by atomic mass is 16.5. The Labute approximate surface area is 122 Å². The molecule has 0 saturated carbocycles. The zero-order valence-electron chi connectivity index (χ0n) is 11.8. The fraction of sp³-hybridized carbons (Fsp3) is 0.250. The number of unbranched alkanes of at least 4 members (excludes halogenated alkanes) is 1. The number of nitriles is 1. The van der Waals surface area contributed by atoms with Crippen molar-refractivity contribution in [2.24, 2.45) is 0 Å². The van der Waals surface area contributed by atoms with E-state index in [-0.39, 0.29) is 5.56 Å². The lowest BCUT2D eigenvalue weighted by molar-refractivity contribution is 0.0601. The van der Waals surface area contributed by atoms with Crippen LogP contribution in [0.15, 0.2) is 30.3 Å². The molecule has 5 nitrogen and oxygen atoms in total. The van der Waals surface area contributed by atoms with E-state index in [1.54, 1.807) is 6.07 Å². The highest BCUT2D eigenvalue weighted by Crippen LogP contribution is 2.33. The highest BCUT2D eigenvalue weighted by molar-refractivity contribution is 6.07. The molecule has 2 aromatic carbocycles. The monoisotopic (exact) mass is 284 g/mol. The number of fused-ring (bicyclic) bond motifs is 1. The summed E-state index contributed by atoms with van der Waals surface area (Å²) in [5.41, 5.74) is 6.70. The summed E-state index contributed by atoms with van der Waals surface area (Å²) in [5, 5.41) is 10.1. The standard InChI is InChI=1S/C16H16N2O3/c1-20-16(19)13-10-14(21-9-5-4-8-17)11-6-2-3-7-12(11)15(13)18/h2-3,6-7,10H,4-5,9,18H2,1H3. The summed E-state index contributed by atoms with van der Waals surface area (Å²) in [6.45, 7) is 0.405. The molecule has 0 bridgehead atoms. The zero-order valence-corrected chi connectivity index (χ0v) is 11.8. The van der Waals surface area contributed by atoms with Crippen molar-refractivity contribution in [3.8, 4) is 11.8 Å². The molecule has 0 spiro atoms. The third-order valence-corrected chi connectivity index (χ3v) is 3.14. The van der Waals surface area contributed by atoms with Gasteiger partial charge in [-0.2, -0.15) is 5.26 Å². The predicted molar refractivity (Wildman–Crippen MR) is 80.0 cm³/mol. The minimum atomic E-state index is -0.500. The number of nitrogens with zero attached hydrogens (tertiary/aromatic N) is 1. The third-order valence-electron chi connectivity index (χ3n) is 3.14. The van der Waals surface area contributed by atoms with Gasteiger partial charge in [-0.1, -0.05) is 24.3 Å². The number of hydrogen-bond donors (Lipinski definition) is 1. The summed E-state index contributed by atoms with van der Waals surface area (Å²) in [6.07, 6.45) is 1.06. The SMILES string of the molecule is COC(=O)c1cc(OCCCC#N)c2ccccc2c1N. The van der Waals surface area contributed by atoms with Crippen LogP contribution in [0.25, 0.3) is 10.8 Å². The van der Waals surface area contributed by atoms with E-state index in [0.717, 1.165) is 10.8 Å². The van der Waals surface area contributed by atoms with Crippen LogP contribution in [0.2, 0.25) is 0 Å². The summed E-state index contributed by atoms with van der Waals surface area (Å²) in [7, 11) is 1.31. The first kappa shape index (κ1) is 14.7. The van der Waals surface area contributed by atoms with Gasteiger partial charge < -0.3 is 15.2 Å². The van der Waals surface area contributed by atoms with Crippen molar-refractivity contribution < 1.29 is 14.3 Å². The van der Waals surface area contributed by atoms with Gasteiger partial charge in [0.05, 0.1) is 31.0 Å². The fourth-order valence-corrected chi connectivity index (χ4v) is 2.10. The first-order chi connectivity index (χ1) is 10.2. The van der Waals surface area contributed by atoms with E-state index >= 15 is 0 Å². The number of anilines is 1. The number of methoxy groups -OCH3 is 1. The Balaban J connectivity index is 2.45. The van der Waals surface area contributed by atoms with Crippen LogP contribution in [-0.2, 0) is 4.74 Å². The molecule has 0 aliphatic heterocycles. The van der Waals surface area contributed by atoms with Crippen LogP contribution in [0.3, 0.4) is 0 Å². The molecule has 0 radical (unpaired) electrons. The second-order valence-corrected chi connectivity index (χ2v) is 4.48. The third kappa shape index (κ3) is 3.06. The molecule has 0 aromatic heterocycles. The van der Waals surface area contributed by atoms with Crippen LogP contribution >= 0.6 is 0 Å². The van der Waals surface area contributed by atoms with Gasteiger partial charge in [-0.05, 0) is 12.5 Å². The van der Waals surface area contributed by atoms with Crippen LogP contribution in [0.4, 0.5) is 5.69 Å². The molecule has 0 aliphatic carbocycles. The summed E-state index contributed by atoms with van der Waals surface area (Å²) in [4.78, 5) is 11.8. The molecule has 0 unspecified atom stereocenters. The normalized spacial score (nSPS) is 10.1. The second-order valence-electron chi connectivity index (χ2n) is 4.48. The summed E-state index contributed by atoms with van der Waals surface area (Å²) in [6, 6.07) is 11.1. The minimum absolute atomic E-state index is 0.284. The van der Waals surface area contributed by atoms with E-state index in [1.807, 2.05) is 24.3 Å². The quantitative estimate of drug-likeness (QED) is 0.518. The van der Waals surface area contributed by atoms with E-state index in [2.05, 4.69) is 6.07 Å². The Morgan fingerprint density at radius 3 is 2.71 bits per heavy atom. The van der Waals surface area contributed by atoms with Crippen LogP contribution in [-0.4, -0.2) is 19.7 Å². The number of carbonyl (C=O) groups excluding carboxylic acids is 1. The van der Waals surface area contributed by atoms with E-state index in [9.17, 15) is 4.79 Å². The maximum Gasteiger partial charge on any atom is 0.340 e. The van der Waals surface area contributed by atoms with Crippen molar-refractivity contribution in [2.45, 2.75) is 12.8 Å². The maximum absolute atomic E-state index is 11.8. The van der Waals surface area contributed by atoms with Crippen LogP contribution in [0, 0.1) is 11.3 Å². The molecule has 0 heterocycles. The molecule has 0 atom stereocenters. The summed E-state index contributed by atoms with van der Waals surface area (Å²) < 4.78 is 10.4. The Kier molecular flexibility index (Phi) is 4.62. The number of esters is 1. The molecule has 0 fully saturated rings. The molecule has 0 aliphatic rings. The Hall–Kier alpha value is -2.74. The minimum Gasteiger partial charge on any atom is -0.493 e. The Morgan fingerprint density at radius 2 is 2.05 bits per heavy atom. The molecular formula is C16H16N2O3. The van der Waals surface area contributed by atoms with Gasteiger partial charge in [0, 0.05) is 17.2 Å². The average molecular weight is 284 g/mol. The number of ether oxygens (including phenoxy) is 2. The summed E-state index contributed by atoms with van der Waals surface area (Å²) in [5.74, 6) is 0.0678. The molecule has 0 saturated heterocycles. The van der Waals surface area contributed by atoms with Gasteiger partial charge in [0.2, 0.25) is 0 Å². The number of benzene rings is 2. The maximum atomic E-state index is 11.8. The van der Waals surface area contributed by atoms with Crippen molar-refractivity contribution in [1.82, 2.24) is 0 Å². The van der Waals surface area contributed by atoms with Crippen molar-refractivity contribution in [2.75, 3.05) is 19.5 Å². The van der Waals surface area contributed by atoms with Crippen LogP contribution in [0.1, 0.15) is 23.2 Å². The highest BCUT2D eigenvalue weighted by Gasteiger charge is 2.16. The Bertz CT molecular complexity index is 704. The lowest BCUT2D eigenvalue weighted by atomic mass is 10.0. The number of rotatable bonds is 5. The molecule has 108 valence electrons. The van der Waals surface area contributed by atoms with Gasteiger partial charge in [0.15, 0.2) is 0 Å². The molecule has 2 N–H and O–H groups in total. The van der Waals surface area contributed by atoms with Gasteiger partial charge in [0.1, 0.15) is 5.75 Å². The second kappa shape index (κ2) is 6.62. The van der Waals surface area contributed by atoms with Gasteiger partial charge in [-0.15, -0.1) is 0 Å². The van der Waals surface area contributed by atoms with Crippen molar-refractivity contribution in [3.05, 3.63) is 35.9 Å². The molecule has 0 amide bonds. The molecule has 2 rings (SSSR count). The topological polar surface area (TPSA) is 85.3 Å². The number of nitrogens with two attached hydrogens (primary N) is 1. The van der Waals surface area contributed by atoms with Gasteiger partial charge in [0.25, 0.3) is 0 Å². The van der Waals surface area contributed by atoms with Crippen molar-refractivity contribution in [1.29, 1.82) is 5.26 Å². The fourth-order valence-electron chi connectivity index (χ4n) is 2.10. The lowest BCUT2D eigenvalue weighted by Crippen LogP contribution is -2.08. The number of nitrogen functional groups attached to an aromatic ring is 1. The predicted octanol–water partition coefficient (Wildman–Crippen LogP) is 2.89. The first-order valence-corrected chi connectivity index (χ1v) is 6.58. The lowest BCUT2D eigenvalue weighted by Gasteiger charge is -2.13. The average Bonchev–Trinajstić information content (AvgIpc) is 2.53. The molecule has 5 heteroatoms. The van der Waals surface area contributed by atoms with Crippen molar-refractivity contribution >= 4 is 22.4 Å². The number of carbonyl (C=O) groups is 1. The molecule has 21 heavy (non-hydrogen) atoms. The van der Waals surface area contributed by atoms with Gasteiger partial charge in [-0.3, -0.25) is 0 Å². The largest absolute Gasteiger partial charge is 0.493 e. The number of hydrogen-bond acceptors (Lipinski definition) is 5. The molecule has 2 aromatic rings. The van der Waals surface area contributed by atoms with E-state index < -0.39 is 5.97 Å². The van der Waals surface area contributed by atoms with E-state index in [0.29, 0.717) is 30.9 Å². The van der Waals surface area contributed by atoms with Crippen LogP contribution in [0.5, 0.6) is 5.75 Å². The van der Waals surface area contributed by atoms with Gasteiger partial charge >= 0.3 is 5.97 Å². The van der Waals surface area contributed by atoms with Gasteiger partial charge in [-0.25, -0.2) is 4.79 Å². The van der Waals surface area contributed by atoms with Crippen LogP contribution < -0.4 is 10.5 Å². The first-order valence-electron chi connectivity index (χ1n) is 6.58. The smallest absolute Gasteiger partial charge is 0.340 e. The van der Waals surface area contributed by atoms with E-state index in [4.69, 9.17) is 20.5 Å². The molecular weight excluding hydrogens is 268 g/mol.